The Kier molecular flexibility index (Phi) is 3.03. The quantitative estimate of drug-likeness (QED) is 0.765. The van der Waals surface area contributed by atoms with Crippen LogP contribution < -0.4 is 0 Å². The Labute approximate surface area is 97.1 Å². The molecule has 1 aromatic heterocycles. The van der Waals surface area contributed by atoms with Crippen LogP contribution in [0.15, 0.2) is 6.20 Å². The van der Waals surface area contributed by atoms with E-state index in [0.29, 0.717) is 0 Å². The maximum Gasteiger partial charge on any atom is 0.255 e. The maximum absolute atomic E-state index is 11.9. The highest BCUT2D eigenvalue weighted by Gasteiger charge is 2.29. The molecule has 16 heavy (non-hydrogen) atoms. The number of fused-ring (bicyclic) bond motifs is 1. The zero-order valence-corrected chi connectivity index (χ0v) is 10.4. The summed E-state index contributed by atoms with van der Waals surface area (Å²) in [5.41, 5.74) is 3.57. The lowest BCUT2D eigenvalue weighted by molar-refractivity contribution is 0.0815. The summed E-state index contributed by atoms with van der Waals surface area (Å²) >= 11 is 0. The number of aryl methyl sites for hydroxylation is 1. The van der Waals surface area contributed by atoms with Crippen molar-refractivity contribution < 1.29 is 4.79 Å². The average Bonchev–Trinajstić information content (AvgIpc) is 2.71. The van der Waals surface area contributed by atoms with Crippen LogP contribution in [0.25, 0.3) is 0 Å². The summed E-state index contributed by atoms with van der Waals surface area (Å²) in [5, 5.41) is 0. The van der Waals surface area contributed by atoms with Crippen LogP contribution in [-0.2, 0) is 19.5 Å². The summed E-state index contributed by atoms with van der Waals surface area (Å²) in [6, 6.07) is 0. The van der Waals surface area contributed by atoms with Gasteiger partial charge in [0, 0.05) is 37.6 Å². The van der Waals surface area contributed by atoms with Gasteiger partial charge in [-0.1, -0.05) is 20.3 Å². The molecule has 1 amide bonds. The van der Waals surface area contributed by atoms with E-state index in [1.54, 1.807) is 4.90 Å². The SMILES string of the molecule is CCCc1c2c(cn1CCC)C(=O)N(C)C2. The van der Waals surface area contributed by atoms with Crippen LogP contribution in [0.5, 0.6) is 0 Å². The predicted molar refractivity (Wildman–Crippen MR) is 64.5 cm³/mol. The van der Waals surface area contributed by atoms with Crippen LogP contribution in [0.4, 0.5) is 0 Å². The minimum atomic E-state index is 0.183. The van der Waals surface area contributed by atoms with Gasteiger partial charge in [-0.25, -0.2) is 0 Å². The molecule has 0 spiro atoms. The molecule has 3 nitrogen and oxygen atoms in total. The molecule has 88 valence electrons. The van der Waals surface area contributed by atoms with Crippen LogP contribution in [0.3, 0.4) is 0 Å². The molecule has 1 aromatic rings. The summed E-state index contributed by atoms with van der Waals surface area (Å²) in [4.78, 5) is 13.7. The molecule has 0 bridgehead atoms. The average molecular weight is 220 g/mol. The van der Waals surface area contributed by atoms with Crippen LogP contribution in [-0.4, -0.2) is 22.4 Å². The van der Waals surface area contributed by atoms with Gasteiger partial charge in [0.15, 0.2) is 0 Å². The zero-order valence-electron chi connectivity index (χ0n) is 10.4. The molecular weight excluding hydrogens is 200 g/mol. The molecule has 0 aromatic carbocycles. The minimum Gasteiger partial charge on any atom is -0.350 e. The topological polar surface area (TPSA) is 25.2 Å². The van der Waals surface area contributed by atoms with Gasteiger partial charge >= 0.3 is 0 Å². The first-order valence-electron chi connectivity index (χ1n) is 6.15. The summed E-state index contributed by atoms with van der Waals surface area (Å²) in [6.45, 7) is 6.19. The van der Waals surface area contributed by atoms with E-state index in [-0.39, 0.29) is 5.91 Å². The third-order valence-corrected chi connectivity index (χ3v) is 3.23. The Bertz CT molecular complexity index is 406. The second-order valence-electron chi connectivity index (χ2n) is 4.57. The van der Waals surface area contributed by atoms with E-state index in [1.807, 2.05) is 7.05 Å². The van der Waals surface area contributed by atoms with E-state index in [4.69, 9.17) is 0 Å². The molecular formula is C13H20N2O. The van der Waals surface area contributed by atoms with Crippen molar-refractivity contribution in [1.29, 1.82) is 0 Å². The lowest BCUT2D eigenvalue weighted by Crippen LogP contribution is -2.19. The first-order valence-corrected chi connectivity index (χ1v) is 6.15. The largest absolute Gasteiger partial charge is 0.350 e. The Morgan fingerprint density at radius 2 is 2.06 bits per heavy atom. The summed E-state index contributed by atoms with van der Waals surface area (Å²) in [6.07, 6.45) is 5.39. The number of nitrogens with zero attached hydrogens (tertiary/aromatic N) is 2. The fraction of sp³-hybridized carbons (Fsp3) is 0.615. The fourth-order valence-electron chi connectivity index (χ4n) is 2.49. The number of amides is 1. The minimum absolute atomic E-state index is 0.183. The number of carbonyl (C=O) groups is 1. The molecule has 0 atom stereocenters. The fourth-order valence-corrected chi connectivity index (χ4v) is 2.49. The molecule has 2 rings (SSSR count). The maximum atomic E-state index is 11.9. The Hall–Kier alpha value is -1.25. The van der Waals surface area contributed by atoms with Gasteiger partial charge in [-0.2, -0.15) is 0 Å². The lowest BCUT2D eigenvalue weighted by Gasteiger charge is -2.12. The van der Waals surface area contributed by atoms with Crippen molar-refractivity contribution in [2.45, 2.75) is 46.2 Å². The van der Waals surface area contributed by atoms with E-state index < -0.39 is 0 Å². The van der Waals surface area contributed by atoms with Crippen molar-refractivity contribution in [1.82, 2.24) is 9.47 Å². The molecule has 0 saturated carbocycles. The third-order valence-electron chi connectivity index (χ3n) is 3.23. The standard InChI is InChI=1S/C13H20N2O/c1-4-6-12-10-8-14(3)13(16)11(10)9-15(12)7-5-2/h9H,4-8H2,1-3H3. The summed E-state index contributed by atoms with van der Waals surface area (Å²) < 4.78 is 2.28. The van der Waals surface area contributed by atoms with Crippen LogP contribution >= 0.6 is 0 Å². The third kappa shape index (κ3) is 1.64. The van der Waals surface area contributed by atoms with Crippen molar-refractivity contribution in [3.05, 3.63) is 23.0 Å². The second kappa shape index (κ2) is 4.32. The van der Waals surface area contributed by atoms with E-state index in [1.165, 1.54) is 11.3 Å². The normalized spacial score (nSPS) is 14.7. The lowest BCUT2D eigenvalue weighted by atomic mass is 10.1. The van der Waals surface area contributed by atoms with Crippen LogP contribution in [0.1, 0.15) is 48.3 Å². The van der Waals surface area contributed by atoms with Crippen molar-refractivity contribution >= 4 is 5.91 Å². The molecule has 2 heterocycles. The Morgan fingerprint density at radius 3 is 2.69 bits per heavy atom. The van der Waals surface area contributed by atoms with Gasteiger partial charge in [0.25, 0.3) is 5.91 Å². The Morgan fingerprint density at radius 1 is 1.31 bits per heavy atom. The first-order chi connectivity index (χ1) is 7.69. The molecule has 0 N–H and O–H groups in total. The van der Waals surface area contributed by atoms with E-state index in [0.717, 1.165) is 37.9 Å². The van der Waals surface area contributed by atoms with Crippen LogP contribution in [0, 0.1) is 0 Å². The first kappa shape index (κ1) is 11.2. The molecule has 0 radical (unpaired) electrons. The van der Waals surface area contributed by atoms with Gasteiger partial charge in [-0.15, -0.1) is 0 Å². The van der Waals surface area contributed by atoms with Crippen molar-refractivity contribution in [2.75, 3.05) is 7.05 Å². The van der Waals surface area contributed by atoms with Gasteiger partial charge in [-0.3, -0.25) is 4.79 Å². The number of rotatable bonds is 4. The highest BCUT2D eigenvalue weighted by atomic mass is 16.2. The van der Waals surface area contributed by atoms with Gasteiger partial charge in [0.2, 0.25) is 0 Å². The van der Waals surface area contributed by atoms with Crippen LogP contribution in [0.2, 0.25) is 0 Å². The number of aromatic nitrogens is 1. The van der Waals surface area contributed by atoms with Gasteiger partial charge < -0.3 is 9.47 Å². The zero-order chi connectivity index (χ0) is 11.7. The Balaban J connectivity index is 2.40. The predicted octanol–water partition coefficient (Wildman–Crippen LogP) is 2.44. The van der Waals surface area contributed by atoms with E-state index in [9.17, 15) is 4.79 Å². The second-order valence-corrected chi connectivity index (χ2v) is 4.57. The summed E-state index contributed by atoms with van der Waals surface area (Å²) in [7, 11) is 1.88. The van der Waals surface area contributed by atoms with Gasteiger partial charge in [0.1, 0.15) is 0 Å². The molecule has 1 aliphatic heterocycles. The molecule has 1 aliphatic rings. The monoisotopic (exact) mass is 220 g/mol. The number of carbonyl (C=O) groups excluding carboxylic acids is 1. The highest BCUT2D eigenvalue weighted by Crippen LogP contribution is 2.28. The molecule has 0 aliphatic carbocycles. The van der Waals surface area contributed by atoms with E-state index in [2.05, 4.69) is 24.6 Å². The molecule has 0 fully saturated rings. The summed E-state index contributed by atoms with van der Waals surface area (Å²) in [5.74, 6) is 0.183. The highest BCUT2D eigenvalue weighted by molar-refractivity contribution is 5.98. The molecule has 0 saturated heterocycles. The smallest absolute Gasteiger partial charge is 0.255 e. The molecule has 3 heteroatoms. The van der Waals surface area contributed by atoms with Gasteiger partial charge in [-0.05, 0) is 12.8 Å². The number of hydrogen-bond donors (Lipinski definition) is 0. The molecule has 0 unspecified atom stereocenters. The van der Waals surface area contributed by atoms with E-state index >= 15 is 0 Å². The van der Waals surface area contributed by atoms with Crippen molar-refractivity contribution in [2.24, 2.45) is 0 Å². The van der Waals surface area contributed by atoms with Crippen molar-refractivity contribution in [3.63, 3.8) is 0 Å². The van der Waals surface area contributed by atoms with Crippen molar-refractivity contribution in [3.8, 4) is 0 Å². The van der Waals surface area contributed by atoms with Gasteiger partial charge in [0.05, 0.1) is 5.56 Å². The number of hydrogen-bond acceptors (Lipinski definition) is 1.